The molecule has 176 valence electrons. The van der Waals surface area contributed by atoms with E-state index in [-0.39, 0.29) is 21.8 Å². The molecule has 1 unspecified atom stereocenters. The van der Waals surface area contributed by atoms with E-state index in [1.807, 2.05) is 52.8 Å². The molecule has 0 spiro atoms. The zero-order valence-corrected chi connectivity index (χ0v) is 21.3. The number of sulfone groups is 1. The normalized spacial score (nSPS) is 12.5. The molecule has 1 atom stereocenters. The van der Waals surface area contributed by atoms with Gasteiger partial charge in [0, 0.05) is 12.2 Å². The van der Waals surface area contributed by atoms with Gasteiger partial charge in [0.05, 0.1) is 10.1 Å². The molecule has 7 nitrogen and oxygen atoms in total. The highest BCUT2D eigenvalue weighted by atomic mass is 32.2. The first-order valence-electron chi connectivity index (χ1n) is 10.9. The fourth-order valence-corrected chi connectivity index (χ4v) is 5.67. The Morgan fingerprint density at radius 1 is 1.03 bits per heavy atom. The number of hydrogen-bond donors (Lipinski definition) is 1. The third-order valence-electron chi connectivity index (χ3n) is 5.37. The summed E-state index contributed by atoms with van der Waals surface area (Å²) in [6.07, 6.45) is 0.592. The minimum atomic E-state index is -3.56. The van der Waals surface area contributed by atoms with Crippen molar-refractivity contribution in [2.24, 2.45) is 0 Å². The van der Waals surface area contributed by atoms with E-state index >= 15 is 0 Å². The van der Waals surface area contributed by atoms with Crippen molar-refractivity contribution in [3.63, 3.8) is 0 Å². The Labute approximate surface area is 199 Å². The molecule has 0 saturated heterocycles. The summed E-state index contributed by atoms with van der Waals surface area (Å²) in [7, 11) is -3.56. The number of carbonyl (C=O) groups excluding carboxylic acids is 1. The van der Waals surface area contributed by atoms with Crippen molar-refractivity contribution >= 4 is 33.2 Å². The monoisotopic (exact) mass is 486 g/mol. The van der Waals surface area contributed by atoms with Gasteiger partial charge < -0.3 is 9.88 Å². The van der Waals surface area contributed by atoms with Crippen molar-refractivity contribution < 1.29 is 13.2 Å². The van der Waals surface area contributed by atoms with E-state index in [1.165, 1.54) is 11.8 Å². The summed E-state index contributed by atoms with van der Waals surface area (Å²) < 4.78 is 27.5. The molecule has 0 fully saturated rings. The second-order valence-corrected chi connectivity index (χ2v) is 11.2. The fourth-order valence-electron chi connectivity index (χ4n) is 3.36. The van der Waals surface area contributed by atoms with Crippen molar-refractivity contribution in [1.29, 1.82) is 0 Å². The van der Waals surface area contributed by atoms with Gasteiger partial charge in [-0.25, -0.2) is 8.42 Å². The van der Waals surface area contributed by atoms with Gasteiger partial charge in [0.2, 0.25) is 5.91 Å². The maximum Gasteiger partial charge on any atom is 0.237 e. The molecule has 0 saturated carbocycles. The quantitative estimate of drug-likeness (QED) is 0.440. The number of aromatic nitrogens is 3. The Morgan fingerprint density at radius 3 is 2.33 bits per heavy atom. The molecule has 1 N–H and O–H groups in total. The van der Waals surface area contributed by atoms with Gasteiger partial charge in [0.15, 0.2) is 15.0 Å². The maximum atomic E-state index is 13.0. The zero-order valence-electron chi connectivity index (χ0n) is 19.6. The number of thioether (sulfide) groups is 1. The van der Waals surface area contributed by atoms with Crippen molar-refractivity contribution in [3.8, 4) is 0 Å². The Kier molecular flexibility index (Phi) is 7.97. The molecule has 1 heterocycles. The first-order valence-corrected chi connectivity index (χ1v) is 13.4. The van der Waals surface area contributed by atoms with Crippen LogP contribution < -0.4 is 5.32 Å². The van der Waals surface area contributed by atoms with Crippen LogP contribution >= 0.6 is 11.8 Å². The molecule has 1 aromatic heterocycles. The third-order valence-corrected chi connectivity index (χ3v) is 8.34. The molecule has 3 rings (SSSR count). The van der Waals surface area contributed by atoms with Gasteiger partial charge in [-0.2, -0.15) is 0 Å². The van der Waals surface area contributed by atoms with Gasteiger partial charge in [0.25, 0.3) is 0 Å². The van der Waals surface area contributed by atoms with Crippen LogP contribution in [-0.2, 0) is 26.9 Å². The smallest absolute Gasteiger partial charge is 0.237 e. The topological polar surface area (TPSA) is 93.9 Å². The lowest BCUT2D eigenvalue weighted by atomic mass is 10.1. The number of hydrogen-bond acceptors (Lipinski definition) is 6. The highest BCUT2D eigenvalue weighted by molar-refractivity contribution is 8.00. The van der Waals surface area contributed by atoms with E-state index in [1.54, 1.807) is 28.8 Å². The minimum Gasteiger partial charge on any atom is -0.325 e. The highest BCUT2D eigenvalue weighted by Gasteiger charge is 2.25. The number of nitrogens with one attached hydrogen (secondary N) is 1. The average molecular weight is 487 g/mol. The molecule has 0 bridgehead atoms. The molecule has 3 aromatic rings. The van der Waals surface area contributed by atoms with Crippen LogP contribution in [0.3, 0.4) is 0 Å². The van der Waals surface area contributed by atoms with Crippen LogP contribution in [-0.4, -0.2) is 34.3 Å². The first kappa shape index (κ1) is 25.0. The molecule has 2 aromatic carbocycles. The lowest BCUT2D eigenvalue weighted by Crippen LogP contribution is -2.25. The van der Waals surface area contributed by atoms with Gasteiger partial charge in [-0.3, -0.25) is 4.79 Å². The van der Waals surface area contributed by atoms with E-state index in [4.69, 9.17) is 0 Å². The maximum absolute atomic E-state index is 13.0. The number of carbonyl (C=O) groups is 1. The second-order valence-electron chi connectivity index (χ2n) is 8.04. The zero-order chi connectivity index (χ0) is 24.2. The van der Waals surface area contributed by atoms with Gasteiger partial charge in [0.1, 0.15) is 11.6 Å². The molecule has 33 heavy (non-hydrogen) atoms. The van der Waals surface area contributed by atoms with Gasteiger partial charge in [-0.05, 0) is 63.4 Å². The number of amides is 1. The standard InChI is InChI=1S/C24H30N4O3S2/c1-6-21(23(29)25-20-14-17(4)8-11-18(20)5)32-24-27-26-22(28(24)7-2)15-33(30,31)19-12-9-16(3)10-13-19/h8-14,21H,6-7,15H2,1-5H3,(H,25,29). The number of benzene rings is 2. The van der Waals surface area contributed by atoms with Crippen LogP contribution in [0.25, 0.3) is 0 Å². The largest absolute Gasteiger partial charge is 0.325 e. The molecule has 0 aliphatic heterocycles. The number of nitrogens with zero attached hydrogens (tertiary/aromatic N) is 3. The first-order chi connectivity index (χ1) is 15.6. The van der Waals surface area contributed by atoms with Crippen molar-refractivity contribution in [2.75, 3.05) is 5.32 Å². The molecule has 9 heteroatoms. The van der Waals surface area contributed by atoms with Crippen LogP contribution in [0.4, 0.5) is 5.69 Å². The Hall–Kier alpha value is -2.65. The summed E-state index contributed by atoms with van der Waals surface area (Å²) in [4.78, 5) is 13.2. The highest BCUT2D eigenvalue weighted by Crippen LogP contribution is 2.28. The molecule has 0 radical (unpaired) electrons. The number of aryl methyl sites for hydroxylation is 3. The van der Waals surface area contributed by atoms with E-state index in [0.29, 0.717) is 23.9 Å². The van der Waals surface area contributed by atoms with Crippen molar-refractivity contribution in [1.82, 2.24) is 14.8 Å². The summed E-state index contributed by atoms with van der Waals surface area (Å²) in [6, 6.07) is 12.7. The average Bonchev–Trinajstić information content (AvgIpc) is 3.15. The van der Waals surface area contributed by atoms with Crippen molar-refractivity contribution in [2.45, 2.75) is 68.6 Å². The number of anilines is 1. The summed E-state index contributed by atoms with van der Waals surface area (Å²) in [5.74, 6) is 0.00388. The molecule has 0 aliphatic carbocycles. The van der Waals surface area contributed by atoms with Crippen LogP contribution in [0.15, 0.2) is 52.5 Å². The lowest BCUT2D eigenvalue weighted by Gasteiger charge is -2.16. The predicted molar refractivity (Wildman–Crippen MR) is 132 cm³/mol. The summed E-state index contributed by atoms with van der Waals surface area (Å²) in [6.45, 7) is 10.2. The molecule has 0 aliphatic rings. The molecular formula is C24H30N4O3S2. The fraction of sp³-hybridized carbons (Fsp3) is 0.375. The van der Waals surface area contributed by atoms with Gasteiger partial charge in [-0.15, -0.1) is 10.2 Å². The molecule has 1 amide bonds. The summed E-state index contributed by atoms with van der Waals surface area (Å²) in [5.41, 5.74) is 3.85. The lowest BCUT2D eigenvalue weighted by molar-refractivity contribution is -0.115. The van der Waals surface area contributed by atoms with Crippen LogP contribution in [0.2, 0.25) is 0 Å². The van der Waals surface area contributed by atoms with Crippen LogP contribution in [0.1, 0.15) is 42.8 Å². The SMILES string of the molecule is CCC(Sc1nnc(CS(=O)(=O)c2ccc(C)cc2)n1CC)C(=O)Nc1cc(C)ccc1C. The summed E-state index contributed by atoms with van der Waals surface area (Å²) >= 11 is 1.30. The molecular weight excluding hydrogens is 456 g/mol. The van der Waals surface area contributed by atoms with Crippen LogP contribution in [0, 0.1) is 20.8 Å². The number of rotatable bonds is 9. The summed E-state index contributed by atoms with van der Waals surface area (Å²) in [5, 5.41) is 11.5. The Bertz CT molecular complexity index is 1240. The van der Waals surface area contributed by atoms with E-state index in [9.17, 15) is 13.2 Å². The van der Waals surface area contributed by atoms with Crippen LogP contribution in [0.5, 0.6) is 0 Å². The Morgan fingerprint density at radius 2 is 1.70 bits per heavy atom. The van der Waals surface area contributed by atoms with E-state index in [0.717, 1.165) is 22.4 Å². The minimum absolute atomic E-state index is 0.115. The van der Waals surface area contributed by atoms with Crippen molar-refractivity contribution in [3.05, 3.63) is 65.0 Å². The third kappa shape index (κ3) is 6.03. The predicted octanol–water partition coefficient (Wildman–Crippen LogP) is 4.71. The van der Waals surface area contributed by atoms with Gasteiger partial charge in [-0.1, -0.05) is 48.5 Å². The van der Waals surface area contributed by atoms with Gasteiger partial charge >= 0.3 is 0 Å². The van der Waals surface area contributed by atoms with E-state index < -0.39 is 9.84 Å². The van der Waals surface area contributed by atoms with E-state index in [2.05, 4.69) is 15.5 Å². The Balaban J connectivity index is 1.78. The second kappa shape index (κ2) is 10.5.